The summed E-state index contributed by atoms with van der Waals surface area (Å²) in [5.74, 6) is 0.581. The number of anilines is 1. The van der Waals surface area contributed by atoms with E-state index in [0.717, 1.165) is 5.69 Å². The maximum atomic E-state index is 12.8. The van der Waals surface area contributed by atoms with Crippen LogP contribution in [0.1, 0.15) is 18.3 Å². The molecule has 0 aliphatic carbocycles. The van der Waals surface area contributed by atoms with Gasteiger partial charge in [0.25, 0.3) is 0 Å². The lowest BCUT2D eigenvalue weighted by molar-refractivity contribution is -0.134. The Morgan fingerprint density at radius 2 is 2.14 bits per heavy atom. The number of hydrogen-bond acceptors (Lipinski definition) is 5. The molecule has 1 aromatic heterocycles. The number of benzene rings is 1. The van der Waals surface area contributed by atoms with Crippen LogP contribution in [0.5, 0.6) is 5.75 Å². The molecule has 2 aromatic rings. The highest BCUT2D eigenvalue weighted by Crippen LogP contribution is 2.30. The molecule has 0 spiro atoms. The molecule has 1 unspecified atom stereocenters. The van der Waals surface area contributed by atoms with Crippen molar-refractivity contribution in [3.8, 4) is 11.8 Å². The maximum absolute atomic E-state index is 12.8. The van der Waals surface area contributed by atoms with Gasteiger partial charge in [0.2, 0.25) is 5.91 Å². The van der Waals surface area contributed by atoms with Crippen molar-refractivity contribution in [2.45, 2.75) is 26.4 Å². The predicted molar refractivity (Wildman–Crippen MR) is 108 cm³/mol. The number of nitriles is 1. The van der Waals surface area contributed by atoms with E-state index >= 15 is 0 Å². The molecule has 28 heavy (non-hydrogen) atoms. The van der Waals surface area contributed by atoms with Crippen LogP contribution in [0, 0.1) is 18.3 Å². The van der Waals surface area contributed by atoms with E-state index in [-0.39, 0.29) is 24.2 Å². The molecule has 0 bridgehead atoms. The van der Waals surface area contributed by atoms with Gasteiger partial charge in [-0.25, -0.2) is 0 Å². The highest BCUT2D eigenvalue weighted by Gasteiger charge is 2.28. The Labute approximate surface area is 174 Å². The topological polar surface area (TPSA) is 74.4 Å². The highest BCUT2D eigenvalue weighted by atomic mass is 35.5. The lowest BCUT2D eigenvalue weighted by Gasteiger charge is -2.41. The van der Waals surface area contributed by atoms with Gasteiger partial charge < -0.3 is 14.5 Å². The van der Waals surface area contributed by atoms with Gasteiger partial charge in [-0.2, -0.15) is 10.4 Å². The van der Waals surface area contributed by atoms with Gasteiger partial charge in [0.15, 0.2) is 5.69 Å². The molecule has 1 aliphatic rings. The van der Waals surface area contributed by atoms with Gasteiger partial charge in [-0.15, -0.1) is 0 Å². The van der Waals surface area contributed by atoms with E-state index in [1.54, 1.807) is 14.0 Å². The fraction of sp³-hybridized carbons (Fsp3) is 0.421. The summed E-state index contributed by atoms with van der Waals surface area (Å²) in [6.07, 6.45) is 0. The summed E-state index contributed by atoms with van der Waals surface area (Å²) in [6, 6.07) is 7.63. The number of carbonyl (C=O) groups is 1. The number of aromatic nitrogens is 2. The smallest absolute Gasteiger partial charge is 0.244 e. The SMILES string of the molecule is COc1cc(N2CCN(C(=O)Cn3nc(C#N)c(Cl)c3C)C(C)C2)ccc1Cl. The van der Waals surface area contributed by atoms with Crippen molar-refractivity contribution in [1.82, 2.24) is 14.7 Å². The standard InChI is InChI=1S/C19H21Cl2N5O2/c1-12-10-24(14-4-5-15(20)17(8-14)28-3)6-7-25(12)18(27)11-26-13(2)19(21)16(9-22)23-26/h4-5,8,12H,6-7,10-11H2,1-3H3. The third kappa shape index (κ3) is 3.89. The summed E-state index contributed by atoms with van der Waals surface area (Å²) >= 11 is 12.2. The number of ether oxygens (including phenoxy) is 1. The third-order valence-electron chi connectivity index (χ3n) is 4.97. The first-order chi connectivity index (χ1) is 13.3. The summed E-state index contributed by atoms with van der Waals surface area (Å²) < 4.78 is 6.79. The second kappa shape index (κ2) is 8.29. The summed E-state index contributed by atoms with van der Waals surface area (Å²) in [5, 5.41) is 14.0. The monoisotopic (exact) mass is 421 g/mol. The number of hydrogen-bond donors (Lipinski definition) is 0. The number of carbonyl (C=O) groups excluding carboxylic acids is 1. The van der Waals surface area contributed by atoms with Gasteiger partial charge in [-0.1, -0.05) is 23.2 Å². The van der Waals surface area contributed by atoms with E-state index in [1.807, 2.05) is 36.1 Å². The van der Waals surface area contributed by atoms with Crippen LogP contribution in [0.25, 0.3) is 0 Å². The van der Waals surface area contributed by atoms with Crippen LogP contribution >= 0.6 is 23.2 Å². The number of nitrogens with zero attached hydrogens (tertiary/aromatic N) is 5. The molecule has 1 aliphatic heterocycles. The molecule has 0 radical (unpaired) electrons. The molecule has 2 heterocycles. The second-order valence-electron chi connectivity index (χ2n) is 6.72. The van der Waals surface area contributed by atoms with Crippen molar-refractivity contribution in [3.05, 3.63) is 39.6 Å². The fourth-order valence-corrected chi connectivity index (χ4v) is 3.75. The normalized spacial score (nSPS) is 16.8. The summed E-state index contributed by atoms with van der Waals surface area (Å²) in [7, 11) is 1.59. The van der Waals surface area contributed by atoms with Crippen molar-refractivity contribution in [3.63, 3.8) is 0 Å². The molecule has 1 aromatic carbocycles. The zero-order valence-electron chi connectivity index (χ0n) is 15.9. The third-order valence-corrected chi connectivity index (χ3v) is 5.74. The quantitative estimate of drug-likeness (QED) is 0.757. The van der Waals surface area contributed by atoms with E-state index in [9.17, 15) is 4.79 Å². The predicted octanol–water partition coefficient (Wildman–Crippen LogP) is 3.12. The molecule has 7 nitrogen and oxygen atoms in total. The van der Waals surface area contributed by atoms with Gasteiger partial charge >= 0.3 is 0 Å². The number of rotatable bonds is 4. The van der Waals surface area contributed by atoms with E-state index in [0.29, 0.717) is 41.1 Å². The molecule has 1 saturated heterocycles. The van der Waals surface area contributed by atoms with Gasteiger partial charge in [-0.05, 0) is 26.0 Å². The molecule has 0 saturated carbocycles. The molecule has 1 atom stereocenters. The average Bonchev–Trinajstić information content (AvgIpc) is 2.96. The largest absolute Gasteiger partial charge is 0.495 e. The molecule has 1 amide bonds. The first-order valence-corrected chi connectivity index (χ1v) is 9.62. The summed E-state index contributed by atoms with van der Waals surface area (Å²) in [5.41, 5.74) is 1.76. The van der Waals surface area contributed by atoms with Gasteiger partial charge in [0.1, 0.15) is 18.4 Å². The maximum Gasteiger partial charge on any atom is 0.244 e. The van der Waals surface area contributed by atoms with Crippen LogP contribution in [-0.2, 0) is 11.3 Å². The number of halogens is 2. The minimum absolute atomic E-state index is 0.0182. The molecular weight excluding hydrogens is 401 g/mol. The Morgan fingerprint density at radius 3 is 2.75 bits per heavy atom. The molecule has 148 valence electrons. The van der Waals surface area contributed by atoms with Crippen LogP contribution < -0.4 is 9.64 Å². The van der Waals surface area contributed by atoms with Gasteiger partial charge in [-0.3, -0.25) is 9.48 Å². The number of amides is 1. The summed E-state index contributed by atoms with van der Waals surface area (Å²) in [4.78, 5) is 16.9. The van der Waals surface area contributed by atoms with Gasteiger partial charge in [0, 0.05) is 37.4 Å². The Hall–Kier alpha value is -2.43. The van der Waals surface area contributed by atoms with E-state index < -0.39 is 0 Å². The van der Waals surface area contributed by atoms with Crippen molar-refractivity contribution in [1.29, 1.82) is 5.26 Å². The van der Waals surface area contributed by atoms with Crippen LogP contribution in [0.4, 0.5) is 5.69 Å². The van der Waals surface area contributed by atoms with E-state index in [1.165, 1.54) is 4.68 Å². The molecule has 9 heteroatoms. The van der Waals surface area contributed by atoms with Crippen LogP contribution in [0.15, 0.2) is 18.2 Å². The zero-order valence-corrected chi connectivity index (χ0v) is 17.5. The molecule has 1 fully saturated rings. The highest BCUT2D eigenvalue weighted by molar-refractivity contribution is 6.32. The summed E-state index contributed by atoms with van der Waals surface area (Å²) in [6.45, 7) is 5.80. The Kier molecular flexibility index (Phi) is 6.01. The van der Waals surface area contributed by atoms with E-state index in [2.05, 4.69) is 10.00 Å². The molecule has 0 N–H and O–H groups in total. The lowest BCUT2D eigenvalue weighted by atomic mass is 10.1. The van der Waals surface area contributed by atoms with E-state index in [4.69, 9.17) is 33.2 Å². The van der Waals surface area contributed by atoms with Crippen LogP contribution in [0.3, 0.4) is 0 Å². The lowest BCUT2D eigenvalue weighted by Crippen LogP contribution is -2.54. The Balaban J connectivity index is 1.68. The Bertz CT molecular complexity index is 937. The van der Waals surface area contributed by atoms with Crippen molar-refractivity contribution in [2.75, 3.05) is 31.6 Å². The van der Waals surface area contributed by atoms with Gasteiger partial charge in [0.05, 0.1) is 22.8 Å². The molecule has 3 rings (SSSR count). The zero-order chi connectivity index (χ0) is 20.4. The minimum Gasteiger partial charge on any atom is -0.495 e. The fourth-order valence-electron chi connectivity index (χ4n) is 3.38. The number of methoxy groups -OCH3 is 1. The first kappa shape index (κ1) is 20.3. The second-order valence-corrected chi connectivity index (χ2v) is 7.50. The van der Waals surface area contributed by atoms with Crippen molar-refractivity contribution < 1.29 is 9.53 Å². The Morgan fingerprint density at radius 1 is 1.39 bits per heavy atom. The van der Waals surface area contributed by atoms with Crippen LogP contribution in [0.2, 0.25) is 10.0 Å². The van der Waals surface area contributed by atoms with Crippen molar-refractivity contribution in [2.24, 2.45) is 0 Å². The number of piperazine rings is 1. The first-order valence-electron chi connectivity index (χ1n) is 8.86. The van der Waals surface area contributed by atoms with Crippen LogP contribution in [-0.4, -0.2) is 53.4 Å². The molecular formula is C19H21Cl2N5O2. The average molecular weight is 422 g/mol. The van der Waals surface area contributed by atoms with Crippen molar-refractivity contribution >= 4 is 34.8 Å². The minimum atomic E-state index is -0.0485.